The first kappa shape index (κ1) is 20.4. The second-order valence-corrected chi connectivity index (χ2v) is 7.23. The fourth-order valence-electron chi connectivity index (χ4n) is 3.65. The number of likely N-dealkylation sites (tertiary alicyclic amines) is 1. The SMILES string of the molecule is COc1cccc(/C(O)=C2/C(=O)C(=O)N(Cc3ccc(F)cc3)C2c2ccc(C)o2)c1. The molecule has 1 atom stereocenters. The molecule has 2 aromatic carbocycles. The van der Waals surface area contributed by atoms with Gasteiger partial charge in [0.2, 0.25) is 0 Å². The summed E-state index contributed by atoms with van der Waals surface area (Å²) in [5.74, 6) is -0.865. The summed E-state index contributed by atoms with van der Waals surface area (Å²) in [6, 6.07) is 14.7. The molecule has 1 amide bonds. The van der Waals surface area contributed by atoms with Crippen molar-refractivity contribution in [2.45, 2.75) is 19.5 Å². The maximum Gasteiger partial charge on any atom is 0.296 e. The zero-order chi connectivity index (χ0) is 22.1. The Labute approximate surface area is 178 Å². The Kier molecular flexibility index (Phi) is 5.33. The van der Waals surface area contributed by atoms with E-state index in [0.717, 1.165) is 0 Å². The Morgan fingerprint density at radius 3 is 2.52 bits per heavy atom. The highest BCUT2D eigenvalue weighted by molar-refractivity contribution is 6.46. The normalized spacial score (nSPS) is 17.9. The number of hydrogen-bond acceptors (Lipinski definition) is 5. The van der Waals surface area contributed by atoms with Crippen LogP contribution in [0.1, 0.15) is 28.7 Å². The van der Waals surface area contributed by atoms with Crippen LogP contribution in [0, 0.1) is 12.7 Å². The third-order valence-electron chi connectivity index (χ3n) is 5.18. The Hall–Kier alpha value is -3.87. The van der Waals surface area contributed by atoms with Crippen LogP contribution >= 0.6 is 0 Å². The number of ether oxygens (including phenoxy) is 1. The molecule has 3 aromatic rings. The lowest BCUT2D eigenvalue weighted by molar-refractivity contribution is -0.140. The molecular formula is C24H20FNO5. The van der Waals surface area contributed by atoms with Gasteiger partial charge in [-0.1, -0.05) is 24.3 Å². The van der Waals surface area contributed by atoms with E-state index in [1.54, 1.807) is 55.5 Å². The van der Waals surface area contributed by atoms with Crippen LogP contribution < -0.4 is 4.74 Å². The average molecular weight is 421 g/mol. The Balaban J connectivity index is 1.84. The summed E-state index contributed by atoms with van der Waals surface area (Å²) >= 11 is 0. The third kappa shape index (κ3) is 3.82. The van der Waals surface area contributed by atoms with E-state index in [4.69, 9.17) is 9.15 Å². The number of Topliss-reactive ketones (excluding diaryl/α,β-unsaturated/α-hetero) is 1. The zero-order valence-electron chi connectivity index (χ0n) is 17.0. The minimum atomic E-state index is -0.926. The van der Waals surface area contributed by atoms with E-state index in [-0.39, 0.29) is 17.9 Å². The van der Waals surface area contributed by atoms with E-state index >= 15 is 0 Å². The fourth-order valence-corrected chi connectivity index (χ4v) is 3.65. The van der Waals surface area contributed by atoms with E-state index in [2.05, 4.69) is 0 Å². The molecule has 0 spiro atoms. The molecule has 1 fully saturated rings. The quantitative estimate of drug-likeness (QED) is 0.376. The van der Waals surface area contributed by atoms with Crippen LogP contribution in [0.2, 0.25) is 0 Å². The van der Waals surface area contributed by atoms with Gasteiger partial charge in [0.1, 0.15) is 34.9 Å². The molecule has 0 saturated carbocycles. The Bertz CT molecular complexity index is 1180. The van der Waals surface area contributed by atoms with Gasteiger partial charge < -0.3 is 19.2 Å². The number of carbonyl (C=O) groups excluding carboxylic acids is 2. The second kappa shape index (κ2) is 8.10. The van der Waals surface area contributed by atoms with E-state index in [9.17, 15) is 19.1 Å². The molecule has 1 aliphatic heterocycles. The smallest absolute Gasteiger partial charge is 0.296 e. The van der Waals surface area contributed by atoms with Gasteiger partial charge in [-0.2, -0.15) is 0 Å². The highest BCUT2D eigenvalue weighted by Crippen LogP contribution is 2.41. The van der Waals surface area contributed by atoms with Crippen LogP contribution in [0.5, 0.6) is 5.75 Å². The van der Waals surface area contributed by atoms with Crippen LogP contribution in [0.25, 0.3) is 5.76 Å². The molecule has 31 heavy (non-hydrogen) atoms. The molecule has 158 valence electrons. The number of rotatable bonds is 5. The van der Waals surface area contributed by atoms with Crippen LogP contribution in [0.15, 0.2) is 70.7 Å². The molecule has 1 aromatic heterocycles. The molecule has 0 aliphatic carbocycles. The minimum absolute atomic E-state index is 0.0458. The van der Waals surface area contributed by atoms with E-state index < -0.39 is 23.5 Å². The van der Waals surface area contributed by atoms with Crippen molar-refractivity contribution in [3.8, 4) is 5.75 Å². The minimum Gasteiger partial charge on any atom is -0.507 e. The number of amides is 1. The van der Waals surface area contributed by atoms with Crippen molar-refractivity contribution in [3.05, 3.63) is 94.7 Å². The van der Waals surface area contributed by atoms with Crippen LogP contribution in [0.3, 0.4) is 0 Å². The van der Waals surface area contributed by atoms with Crippen molar-refractivity contribution >= 4 is 17.4 Å². The number of benzene rings is 2. The lowest BCUT2D eigenvalue weighted by atomic mass is 9.99. The van der Waals surface area contributed by atoms with Crippen molar-refractivity contribution in [1.29, 1.82) is 0 Å². The molecule has 1 unspecified atom stereocenters. The first-order valence-electron chi connectivity index (χ1n) is 9.62. The Morgan fingerprint density at radius 2 is 1.87 bits per heavy atom. The fraction of sp³-hybridized carbons (Fsp3) is 0.167. The van der Waals surface area contributed by atoms with E-state index in [0.29, 0.717) is 28.4 Å². The van der Waals surface area contributed by atoms with Gasteiger partial charge in [0.05, 0.1) is 12.7 Å². The molecule has 1 saturated heterocycles. The van der Waals surface area contributed by atoms with Crippen molar-refractivity contribution in [3.63, 3.8) is 0 Å². The maximum absolute atomic E-state index is 13.3. The van der Waals surface area contributed by atoms with Gasteiger partial charge in [-0.05, 0) is 48.9 Å². The zero-order valence-corrected chi connectivity index (χ0v) is 17.0. The maximum atomic E-state index is 13.3. The second-order valence-electron chi connectivity index (χ2n) is 7.23. The van der Waals surface area contributed by atoms with Gasteiger partial charge in [0.25, 0.3) is 11.7 Å². The molecular weight excluding hydrogens is 401 g/mol. The third-order valence-corrected chi connectivity index (χ3v) is 5.18. The largest absolute Gasteiger partial charge is 0.507 e. The summed E-state index contributed by atoms with van der Waals surface area (Å²) in [7, 11) is 1.49. The summed E-state index contributed by atoms with van der Waals surface area (Å²) in [4.78, 5) is 27.2. The molecule has 6 nitrogen and oxygen atoms in total. The monoisotopic (exact) mass is 421 g/mol. The number of ketones is 1. The molecule has 1 N–H and O–H groups in total. The molecule has 7 heteroatoms. The lowest BCUT2D eigenvalue weighted by Gasteiger charge is -2.23. The highest BCUT2D eigenvalue weighted by Gasteiger charge is 2.47. The number of aliphatic hydroxyl groups is 1. The number of aryl methyl sites for hydroxylation is 1. The van der Waals surface area contributed by atoms with Crippen molar-refractivity contribution in [1.82, 2.24) is 4.90 Å². The number of carbonyl (C=O) groups is 2. The number of hydrogen-bond donors (Lipinski definition) is 1. The summed E-state index contributed by atoms with van der Waals surface area (Å²) in [5.41, 5.74) is 0.903. The Morgan fingerprint density at radius 1 is 1.13 bits per heavy atom. The van der Waals surface area contributed by atoms with Gasteiger partial charge in [-0.3, -0.25) is 9.59 Å². The molecule has 0 radical (unpaired) electrons. The summed E-state index contributed by atoms with van der Waals surface area (Å²) in [6.45, 7) is 1.79. The molecule has 1 aliphatic rings. The van der Waals surface area contributed by atoms with Gasteiger partial charge in [0, 0.05) is 12.1 Å². The van der Waals surface area contributed by atoms with Crippen molar-refractivity contribution < 1.29 is 28.2 Å². The summed E-state index contributed by atoms with van der Waals surface area (Å²) in [5, 5.41) is 11.0. The van der Waals surface area contributed by atoms with Crippen LogP contribution in [0.4, 0.5) is 4.39 Å². The number of furan rings is 1. The van der Waals surface area contributed by atoms with Gasteiger partial charge in [-0.15, -0.1) is 0 Å². The first-order valence-corrected chi connectivity index (χ1v) is 9.62. The van der Waals surface area contributed by atoms with Crippen molar-refractivity contribution in [2.24, 2.45) is 0 Å². The number of halogens is 1. The standard InChI is InChI=1S/C24H20FNO5/c1-14-6-11-19(31-14)21-20(22(27)16-4-3-5-18(12-16)30-2)23(28)24(29)26(21)13-15-7-9-17(25)10-8-15/h3-12,21,27H,13H2,1-2H3/b22-20-. The molecule has 0 bridgehead atoms. The number of nitrogens with zero attached hydrogens (tertiary/aromatic N) is 1. The van der Waals surface area contributed by atoms with Gasteiger partial charge in [0.15, 0.2) is 0 Å². The van der Waals surface area contributed by atoms with Crippen LogP contribution in [-0.4, -0.2) is 28.8 Å². The summed E-state index contributed by atoms with van der Waals surface area (Å²) in [6.07, 6.45) is 0. The first-order chi connectivity index (χ1) is 14.9. The average Bonchev–Trinajstić information content (AvgIpc) is 3.31. The predicted octanol–water partition coefficient (Wildman–Crippen LogP) is 4.36. The predicted molar refractivity (Wildman–Crippen MR) is 111 cm³/mol. The lowest BCUT2D eigenvalue weighted by Crippen LogP contribution is -2.29. The number of aliphatic hydroxyl groups excluding tert-OH is 1. The van der Waals surface area contributed by atoms with E-state index in [1.165, 1.54) is 24.1 Å². The van der Waals surface area contributed by atoms with Gasteiger partial charge in [-0.25, -0.2) is 4.39 Å². The van der Waals surface area contributed by atoms with E-state index in [1.807, 2.05) is 0 Å². The summed E-state index contributed by atoms with van der Waals surface area (Å²) < 4.78 is 24.2. The van der Waals surface area contributed by atoms with Crippen LogP contribution in [-0.2, 0) is 16.1 Å². The van der Waals surface area contributed by atoms with Gasteiger partial charge >= 0.3 is 0 Å². The molecule has 2 heterocycles. The van der Waals surface area contributed by atoms with Crippen molar-refractivity contribution in [2.75, 3.05) is 7.11 Å². The highest BCUT2D eigenvalue weighted by atomic mass is 19.1. The topological polar surface area (TPSA) is 80.0 Å². The number of methoxy groups -OCH3 is 1. The molecule has 4 rings (SSSR count).